The third-order valence-corrected chi connectivity index (χ3v) is 3.84. The summed E-state index contributed by atoms with van der Waals surface area (Å²) in [7, 11) is 0. The van der Waals surface area contributed by atoms with Gasteiger partial charge in [0, 0.05) is 12.6 Å². The Hall–Kier alpha value is -1.81. The van der Waals surface area contributed by atoms with Gasteiger partial charge in [0.25, 0.3) is 5.91 Å². The topological polar surface area (TPSA) is 49.8 Å². The molecule has 0 spiro atoms. The quantitative estimate of drug-likeness (QED) is 0.785. The van der Waals surface area contributed by atoms with Gasteiger partial charge in [-0.15, -0.1) is 0 Å². The van der Waals surface area contributed by atoms with Gasteiger partial charge in [0.15, 0.2) is 0 Å². The van der Waals surface area contributed by atoms with E-state index in [1.165, 1.54) is 0 Å². The first kappa shape index (κ1) is 15.6. The molecular formula is C17H23NO3. The number of amides is 1. The standard InChI is InChI=1S/C17H23NO3/c1-2-13-21-16-10-6-5-9-15(16)17(20)18(11-12-19)14-7-3-4-8-14/h2,5-6,9-10,14,19H,1,3-4,7-8,11-13H2. The summed E-state index contributed by atoms with van der Waals surface area (Å²) in [4.78, 5) is 14.6. The smallest absolute Gasteiger partial charge is 0.257 e. The van der Waals surface area contributed by atoms with Crippen molar-refractivity contribution in [2.45, 2.75) is 31.7 Å². The number of nitrogens with zero attached hydrogens (tertiary/aromatic N) is 1. The van der Waals surface area contributed by atoms with Crippen molar-refractivity contribution < 1.29 is 14.6 Å². The number of aliphatic hydroxyl groups is 1. The van der Waals surface area contributed by atoms with E-state index in [2.05, 4.69) is 6.58 Å². The van der Waals surface area contributed by atoms with E-state index >= 15 is 0 Å². The number of aliphatic hydroxyl groups excluding tert-OH is 1. The van der Waals surface area contributed by atoms with Crippen LogP contribution >= 0.6 is 0 Å². The first-order valence-electron chi connectivity index (χ1n) is 7.52. The molecule has 1 N–H and O–H groups in total. The molecule has 0 aliphatic heterocycles. The number of benzene rings is 1. The van der Waals surface area contributed by atoms with E-state index in [1.807, 2.05) is 12.1 Å². The van der Waals surface area contributed by atoms with Crippen LogP contribution in [-0.2, 0) is 0 Å². The molecule has 0 atom stereocenters. The van der Waals surface area contributed by atoms with Crippen molar-refractivity contribution in [3.63, 3.8) is 0 Å². The van der Waals surface area contributed by atoms with Crippen molar-refractivity contribution in [1.82, 2.24) is 4.90 Å². The lowest BCUT2D eigenvalue weighted by atomic mass is 10.1. The van der Waals surface area contributed by atoms with E-state index in [-0.39, 0.29) is 18.6 Å². The van der Waals surface area contributed by atoms with E-state index in [9.17, 15) is 9.90 Å². The molecule has 114 valence electrons. The van der Waals surface area contributed by atoms with Crippen molar-refractivity contribution >= 4 is 5.91 Å². The second-order valence-electron chi connectivity index (χ2n) is 5.26. The van der Waals surface area contributed by atoms with Gasteiger partial charge in [-0.3, -0.25) is 4.79 Å². The number of rotatable bonds is 7. The lowest BCUT2D eigenvalue weighted by molar-refractivity contribution is 0.0634. The second-order valence-corrected chi connectivity index (χ2v) is 5.26. The summed E-state index contributed by atoms with van der Waals surface area (Å²) in [5.74, 6) is 0.513. The molecule has 2 rings (SSSR count). The highest BCUT2D eigenvalue weighted by Crippen LogP contribution is 2.27. The molecule has 0 aromatic heterocycles. The Morgan fingerprint density at radius 1 is 1.38 bits per heavy atom. The molecule has 1 saturated carbocycles. The molecule has 0 radical (unpaired) electrons. The summed E-state index contributed by atoms with van der Waals surface area (Å²) in [6.07, 6.45) is 5.98. The SMILES string of the molecule is C=CCOc1ccccc1C(=O)N(CCO)C1CCCC1. The van der Waals surface area contributed by atoms with Gasteiger partial charge in [-0.2, -0.15) is 0 Å². The predicted octanol–water partition coefficient (Wildman–Crippen LogP) is 2.63. The van der Waals surface area contributed by atoms with Gasteiger partial charge in [-0.05, 0) is 25.0 Å². The Morgan fingerprint density at radius 3 is 2.76 bits per heavy atom. The van der Waals surface area contributed by atoms with E-state index in [1.54, 1.807) is 23.1 Å². The molecule has 1 fully saturated rings. The lowest BCUT2D eigenvalue weighted by Crippen LogP contribution is -2.40. The fraction of sp³-hybridized carbons (Fsp3) is 0.471. The van der Waals surface area contributed by atoms with Gasteiger partial charge < -0.3 is 14.7 Å². The Bertz CT molecular complexity index is 481. The fourth-order valence-electron chi connectivity index (χ4n) is 2.85. The van der Waals surface area contributed by atoms with Gasteiger partial charge in [0.1, 0.15) is 12.4 Å². The van der Waals surface area contributed by atoms with Crippen LogP contribution in [-0.4, -0.2) is 41.7 Å². The normalized spacial score (nSPS) is 14.9. The highest BCUT2D eigenvalue weighted by atomic mass is 16.5. The number of hydrogen-bond acceptors (Lipinski definition) is 3. The Balaban J connectivity index is 2.21. The lowest BCUT2D eigenvalue weighted by Gasteiger charge is -2.29. The maximum absolute atomic E-state index is 12.8. The minimum atomic E-state index is -0.0596. The van der Waals surface area contributed by atoms with Crippen LogP contribution in [0.4, 0.5) is 0 Å². The summed E-state index contributed by atoms with van der Waals surface area (Å²) in [6, 6.07) is 7.49. The molecule has 4 heteroatoms. The molecule has 1 aromatic carbocycles. The van der Waals surface area contributed by atoms with Crippen LogP contribution in [0.25, 0.3) is 0 Å². The highest BCUT2D eigenvalue weighted by Gasteiger charge is 2.28. The Kier molecular flexibility index (Phi) is 5.81. The van der Waals surface area contributed by atoms with Crippen molar-refractivity contribution in [1.29, 1.82) is 0 Å². The minimum Gasteiger partial charge on any atom is -0.489 e. The number of ether oxygens (including phenoxy) is 1. The van der Waals surface area contributed by atoms with E-state index < -0.39 is 0 Å². The molecule has 0 unspecified atom stereocenters. The van der Waals surface area contributed by atoms with Gasteiger partial charge in [-0.1, -0.05) is 37.6 Å². The van der Waals surface area contributed by atoms with Gasteiger partial charge in [0.05, 0.1) is 12.2 Å². The largest absolute Gasteiger partial charge is 0.489 e. The predicted molar refractivity (Wildman–Crippen MR) is 82.5 cm³/mol. The van der Waals surface area contributed by atoms with Gasteiger partial charge in [0.2, 0.25) is 0 Å². The number of para-hydroxylation sites is 1. The monoisotopic (exact) mass is 289 g/mol. The van der Waals surface area contributed by atoms with E-state index in [0.717, 1.165) is 25.7 Å². The van der Waals surface area contributed by atoms with Crippen molar-refractivity contribution in [2.24, 2.45) is 0 Å². The summed E-state index contributed by atoms with van der Waals surface area (Å²) in [6.45, 7) is 4.35. The van der Waals surface area contributed by atoms with Crippen molar-refractivity contribution in [3.05, 3.63) is 42.5 Å². The zero-order chi connectivity index (χ0) is 15.1. The van der Waals surface area contributed by atoms with E-state index in [4.69, 9.17) is 4.74 Å². The summed E-state index contributed by atoms with van der Waals surface area (Å²) < 4.78 is 5.57. The zero-order valence-corrected chi connectivity index (χ0v) is 12.3. The molecule has 4 nitrogen and oxygen atoms in total. The molecule has 1 amide bonds. The third-order valence-electron chi connectivity index (χ3n) is 3.84. The number of carbonyl (C=O) groups excluding carboxylic acids is 1. The van der Waals surface area contributed by atoms with Crippen LogP contribution in [0.15, 0.2) is 36.9 Å². The van der Waals surface area contributed by atoms with Crippen LogP contribution in [0.1, 0.15) is 36.0 Å². The molecule has 0 heterocycles. The maximum Gasteiger partial charge on any atom is 0.257 e. The number of hydrogen-bond donors (Lipinski definition) is 1. The van der Waals surface area contributed by atoms with Gasteiger partial charge in [-0.25, -0.2) is 0 Å². The molecular weight excluding hydrogens is 266 g/mol. The fourth-order valence-corrected chi connectivity index (χ4v) is 2.85. The zero-order valence-electron chi connectivity index (χ0n) is 12.3. The first-order chi connectivity index (χ1) is 10.3. The summed E-state index contributed by atoms with van der Waals surface area (Å²) in [5.41, 5.74) is 0.555. The minimum absolute atomic E-state index is 0.0160. The summed E-state index contributed by atoms with van der Waals surface area (Å²) in [5, 5.41) is 9.27. The van der Waals surface area contributed by atoms with Crippen molar-refractivity contribution in [2.75, 3.05) is 19.8 Å². The molecule has 1 aliphatic carbocycles. The average Bonchev–Trinajstić information content (AvgIpc) is 3.04. The molecule has 1 aliphatic rings. The first-order valence-corrected chi connectivity index (χ1v) is 7.52. The number of carbonyl (C=O) groups is 1. The average molecular weight is 289 g/mol. The van der Waals surface area contributed by atoms with Crippen LogP contribution in [0.5, 0.6) is 5.75 Å². The summed E-state index contributed by atoms with van der Waals surface area (Å²) >= 11 is 0. The second kappa shape index (κ2) is 7.84. The maximum atomic E-state index is 12.8. The van der Waals surface area contributed by atoms with Crippen LogP contribution in [0.3, 0.4) is 0 Å². The molecule has 0 bridgehead atoms. The molecule has 21 heavy (non-hydrogen) atoms. The third kappa shape index (κ3) is 3.85. The van der Waals surface area contributed by atoms with Crippen LogP contribution in [0, 0.1) is 0 Å². The van der Waals surface area contributed by atoms with Crippen molar-refractivity contribution in [3.8, 4) is 5.75 Å². The molecule has 1 aromatic rings. The van der Waals surface area contributed by atoms with Gasteiger partial charge >= 0.3 is 0 Å². The Labute approximate surface area is 126 Å². The van der Waals surface area contributed by atoms with Crippen LogP contribution < -0.4 is 4.74 Å². The highest BCUT2D eigenvalue weighted by molar-refractivity contribution is 5.97. The van der Waals surface area contributed by atoms with E-state index in [0.29, 0.717) is 24.5 Å². The van der Waals surface area contributed by atoms with Crippen LogP contribution in [0.2, 0.25) is 0 Å². The Morgan fingerprint density at radius 2 is 2.10 bits per heavy atom. The molecule has 0 saturated heterocycles.